The maximum Gasteiger partial charge on any atom is 0.146 e. The Balaban J connectivity index is 4.10. The molecule has 0 atom stereocenters. The summed E-state index contributed by atoms with van der Waals surface area (Å²) in [5.41, 5.74) is 0.789. The zero-order chi connectivity index (χ0) is 8.69. The average molecular weight is 172 g/mol. The summed E-state index contributed by atoms with van der Waals surface area (Å²) in [4.78, 5) is 21.3. The molecule has 0 heterocycles. The summed E-state index contributed by atoms with van der Waals surface area (Å²) >= 11 is 1.41. The minimum atomic E-state index is 0.434. The molecule has 0 saturated carbocycles. The van der Waals surface area contributed by atoms with Crippen molar-refractivity contribution in [3.63, 3.8) is 0 Å². The number of rotatable bonds is 5. The molecule has 0 radical (unpaired) electrons. The van der Waals surface area contributed by atoms with Crippen molar-refractivity contribution >= 4 is 24.3 Å². The summed E-state index contributed by atoms with van der Waals surface area (Å²) in [5, 5.41) is 0. The molecule has 0 aromatic carbocycles. The standard InChI is InChI=1S/C8H12O2S/c1-3-8(6-10)7(2)11-5-4-9/h4,6H,3,5H2,1-2H3/b8-7+. The van der Waals surface area contributed by atoms with Crippen molar-refractivity contribution in [2.75, 3.05) is 5.75 Å². The molecule has 2 nitrogen and oxygen atoms in total. The van der Waals surface area contributed by atoms with Crippen molar-refractivity contribution in [3.8, 4) is 0 Å². The van der Waals surface area contributed by atoms with E-state index in [9.17, 15) is 9.59 Å². The Morgan fingerprint density at radius 2 is 2.09 bits per heavy atom. The minimum Gasteiger partial charge on any atom is -0.302 e. The number of hydrogen-bond donors (Lipinski definition) is 0. The lowest BCUT2D eigenvalue weighted by Gasteiger charge is -2.00. The van der Waals surface area contributed by atoms with Gasteiger partial charge in [0.15, 0.2) is 0 Å². The van der Waals surface area contributed by atoms with Gasteiger partial charge in [-0.3, -0.25) is 4.79 Å². The van der Waals surface area contributed by atoms with Crippen LogP contribution >= 0.6 is 11.8 Å². The summed E-state index contributed by atoms with van der Waals surface area (Å²) in [6, 6.07) is 0. The first-order valence-electron chi connectivity index (χ1n) is 3.47. The van der Waals surface area contributed by atoms with Gasteiger partial charge >= 0.3 is 0 Å². The van der Waals surface area contributed by atoms with E-state index in [1.54, 1.807) is 0 Å². The van der Waals surface area contributed by atoms with Gasteiger partial charge in [-0.25, -0.2) is 0 Å². The SMILES string of the molecule is CC/C(C=O)=C(/C)SCC=O. The highest BCUT2D eigenvalue weighted by molar-refractivity contribution is 8.03. The van der Waals surface area contributed by atoms with Crippen molar-refractivity contribution < 1.29 is 9.59 Å². The van der Waals surface area contributed by atoms with Crippen molar-refractivity contribution in [1.29, 1.82) is 0 Å². The molecule has 3 heteroatoms. The molecule has 0 spiro atoms. The van der Waals surface area contributed by atoms with E-state index in [-0.39, 0.29) is 0 Å². The van der Waals surface area contributed by atoms with Crippen LogP contribution in [0.4, 0.5) is 0 Å². The van der Waals surface area contributed by atoms with E-state index < -0.39 is 0 Å². The Labute approximate surface area is 71.1 Å². The van der Waals surface area contributed by atoms with Crippen LogP contribution in [0.1, 0.15) is 20.3 Å². The molecule has 0 aliphatic rings. The second-order valence-electron chi connectivity index (χ2n) is 2.03. The predicted octanol–water partition coefficient (Wildman–Crippen LogP) is 1.80. The number of carbonyl (C=O) groups is 2. The number of thioether (sulfide) groups is 1. The predicted molar refractivity (Wildman–Crippen MR) is 47.6 cm³/mol. The second kappa shape index (κ2) is 6.16. The molecular weight excluding hydrogens is 160 g/mol. The molecule has 0 amide bonds. The fourth-order valence-electron chi connectivity index (χ4n) is 0.667. The van der Waals surface area contributed by atoms with Crippen LogP contribution < -0.4 is 0 Å². The Morgan fingerprint density at radius 1 is 1.45 bits per heavy atom. The molecule has 62 valence electrons. The molecule has 0 unspecified atom stereocenters. The van der Waals surface area contributed by atoms with Crippen LogP contribution in [-0.2, 0) is 9.59 Å². The molecule has 0 saturated heterocycles. The van der Waals surface area contributed by atoms with Crippen molar-refractivity contribution in [1.82, 2.24) is 0 Å². The summed E-state index contributed by atoms with van der Waals surface area (Å²) in [7, 11) is 0. The van der Waals surface area contributed by atoms with E-state index in [0.717, 1.165) is 29.5 Å². The highest BCUT2D eigenvalue weighted by atomic mass is 32.2. The number of carbonyl (C=O) groups excluding carboxylic acids is 2. The smallest absolute Gasteiger partial charge is 0.146 e. The summed E-state index contributed by atoms with van der Waals surface area (Å²) in [6.07, 6.45) is 2.43. The van der Waals surface area contributed by atoms with E-state index in [0.29, 0.717) is 5.75 Å². The van der Waals surface area contributed by atoms with Gasteiger partial charge in [-0.05, 0) is 18.2 Å². The lowest BCUT2D eigenvalue weighted by molar-refractivity contribution is -0.106. The lowest BCUT2D eigenvalue weighted by atomic mass is 10.2. The third kappa shape index (κ3) is 3.98. The van der Waals surface area contributed by atoms with Crippen molar-refractivity contribution in [2.24, 2.45) is 0 Å². The molecule has 0 aromatic heterocycles. The number of allylic oxidation sites excluding steroid dienone is 2. The van der Waals surface area contributed by atoms with E-state index in [2.05, 4.69) is 0 Å². The van der Waals surface area contributed by atoms with Crippen LogP contribution in [0.25, 0.3) is 0 Å². The summed E-state index contributed by atoms with van der Waals surface area (Å²) in [6.45, 7) is 3.79. The largest absolute Gasteiger partial charge is 0.302 e. The maximum absolute atomic E-state index is 10.4. The van der Waals surface area contributed by atoms with Gasteiger partial charge in [-0.2, -0.15) is 0 Å². The second-order valence-corrected chi connectivity index (χ2v) is 3.26. The molecule has 0 aliphatic heterocycles. The third-order valence-electron chi connectivity index (χ3n) is 1.34. The quantitative estimate of drug-likeness (QED) is 0.468. The molecule has 0 aliphatic carbocycles. The molecule has 11 heavy (non-hydrogen) atoms. The third-order valence-corrected chi connectivity index (χ3v) is 2.34. The Hall–Kier alpha value is -0.570. The minimum absolute atomic E-state index is 0.434. The fraction of sp³-hybridized carbons (Fsp3) is 0.500. The van der Waals surface area contributed by atoms with Gasteiger partial charge in [0.1, 0.15) is 12.6 Å². The molecule has 0 N–H and O–H groups in total. The highest BCUT2D eigenvalue weighted by Gasteiger charge is 1.98. The first-order chi connectivity index (χ1) is 5.26. The molecule has 0 rings (SSSR count). The van der Waals surface area contributed by atoms with Gasteiger partial charge in [0.05, 0.1) is 5.75 Å². The Kier molecular flexibility index (Phi) is 5.84. The van der Waals surface area contributed by atoms with Crippen LogP contribution in [0.2, 0.25) is 0 Å². The molecular formula is C8H12O2S. The topological polar surface area (TPSA) is 34.1 Å². The van der Waals surface area contributed by atoms with Crippen LogP contribution in [-0.4, -0.2) is 18.3 Å². The summed E-state index contributed by atoms with van der Waals surface area (Å²) in [5.74, 6) is 0.434. The van der Waals surface area contributed by atoms with E-state index in [1.165, 1.54) is 11.8 Å². The first kappa shape index (κ1) is 10.4. The van der Waals surface area contributed by atoms with Gasteiger partial charge in [-0.1, -0.05) is 6.92 Å². The van der Waals surface area contributed by atoms with E-state index >= 15 is 0 Å². The van der Waals surface area contributed by atoms with Gasteiger partial charge in [0.2, 0.25) is 0 Å². The Morgan fingerprint density at radius 3 is 2.45 bits per heavy atom. The molecule has 0 fully saturated rings. The number of hydrogen-bond acceptors (Lipinski definition) is 3. The van der Waals surface area contributed by atoms with Gasteiger partial charge < -0.3 is 4.79 Å². The zero-order valence-electron chi connectivity index (χ0n) is 6.79. The average Bonchev–Trinajstić information content (AvgIpc) is 2.03. The number of aldehydes is 2. The fourth-order valence-corrected chi connectivity index (χ4v) is 1.36. The molecule has 0 aromatic rings. The van der Waals surface area contributed by atoms with Crippen molar-refractivity contribution in [3.05, 3.63) is 10.5 Å². The van der Waals surface area contributed by atoms with Crippen LogP contribution in [0.15, 0.2) is 10.5 Å². The highest BCUT2D eigenvalue weighted by Crippen LogP contribution is 2.18. The van der Waals surface area contributed by atoms with Gasteiger partial charge in [0.25, 0.3) is 0 Å². The van der Waals surface area contributed by atoms with Gasteiger partial charge in [-0.15, -0.1) is 11.8 Å². The lowest BCUT2D eigenvalue weighted by Crippen LogP contribution is -1.87. The normalized spacial score (nSPS) is 12.2. The maximum atomic E-state index is 10.4. The van der Waals surface area contributed by atoms with Crippen molar-refractivity contribution in [2.45, 2.75) is 20.3 Å². The van der Waals surface area contributed by atoms with Crippen LogP contribution in [0.3, 0.4) is 0 Å². The first-order valence-corrected chi connectivity index (χ1v) is 4.46. The summed E-state index contributed by atoms with van der Waals surface area (Å²) < 4.78 is 0. The monoisotopic (exact) mass is 172 g/mol. The molecule has 0 bridgehead atoms. The zero-order valence-corrected chi connectivity index (χ0v) is 7.61. The van der Waals surface area contributed by atoms with Gasteiger partial charge in [0, 0.05) is 5.57 Å². The van der Waals surface area contributed by atoms with E-state index in [1.807, 2.05) is 13.8 Å². The Bertz CT molecular complexity index is 173. The van der Waals surface area contributed by atoms with Crippen LogP contribution in [0.5, 0.6) is 0 Å². The van der Waals surface area contributed by atoms with E-state index in [4.69, 9.17) is 0 Å². The van der Waals surface area contributed by atoms with Crippen LogP contribution in [0, 0.1) is 0 Å².